The van der Waals surface area contributed by atoms with E-state index in [2.05, 4.69) is 34.7 Å². The average molecular weight is 436 g/mol. The van der Waals surface area contributed by atoms with E-state index in [1.165, 1.54) is 5.56 Å². The van der Waals surface area contributed by atoms with Crippen molar-refractivity contribution in [1.29, 1.82) is 0 Å². The maximum Gasteiger partial charge on any atom is 0.232 e. The molecule has 30 heavy (non-hydrogen) atoms. The second-order valence-corrected chi connectivity index (χ2v) is 9.64. The van der Waals surface area contributed by atoms with Crippen molar-refractivity contribution in [2.24, 2.45) is 0 Å². The Balaban J connectivity index is 1.84. The molecular formula is C25H22ClNO2S. The molecule has 0 aliphatic heterocycles. The molecule has 0 heterocycles. The fourth-order valence-corrected chi connectivity index (χ4v) is 4.59. The van der Waals surface area contributed by atoms with Gasteiger partial charge in [-0.05, 0) is 71.9 Å². The molecule has 0 fully saturated rings. The summed E-state index contributed by atoms with van der Waals surface area (Å²) in [5.74, 6) is 0.0332. The molecule has 0 unspecified atom stereocenters. The zero-order valence-electron chi connectivity index (χ0n) is 16.7. The van der Waals surface area contributed by atoms with Crippen molar-refractivity contribution in [2.45, 2.75) is 19.8 Å². The van der Waals surface area contributed by atoms with Gasteiger partial charge in [-0.1, -0.05) is 60.1 Å². The lowest BCUT2D eigenvalue weighted by Crippen LogP contribution is -2.14. The molecule has 1 aliphatic carbocycles. The summed E-state index contributed by atoms with van der Waals surface area (Å²) in [6.07, 6.45) is 3.70. The van der Waals surface area contributed by atoms with Crippen molar-refractivity contribution in [3.8, 4) is 0 Å². The second kappa shape index (κ2) is 8.53. The summed E-state index contributed by atoms with van der Waals surface area (Å²) < 4.78 is 26.3. The van der Waals surface area contributed by atoms with Crippen LogP contribution in [0.5, 0.6) is 0 Å². The van der Waals surface area contributed by atoms with E-state index < -0.39 is 10.0 Å². The molecule has 3 aromatic rings. The Labute approximate surface area is 182 Å². The minimum Gasteiger partial charge on any atom is -0.284 e. The molecule has 0 saturated carbocycles. The van der Waals surface area contributed by atoms with Crippen LogP contribution in [0.4, 0.5) is 5.69 Å². The maximum absolute atomic E-state index is 11.9. The Morgan fingerprint density at radius 2 is 1.77 bits per heavy atom. The maximum atomic E-state index is 11.9. The first-order chi connectivity index (χ1) is 14.5. The van der Waals surface area contributed by atoms with Crippen LogP contribution >= 0.6 is 11.6 Å². The van der Waals surface area contributed by atoms with Crippen molar-refractivity contribution in [3.05, 3.63) is 105 Å². The van der Waals surface area contributed by atoms with E-state index in [0.717, 1.165) is 45.7 Å². The van der Waals surface area contributed by atoms with Gasteiger partial charge in [0, 0.05) is 16.3 Å². The molecule has 3 nitrogen and oxygen atoms in total. The molecule has 0 spiro atoms. The lowest BCUT2D eigenvalue weighted by molar-refractivity contribution is 0.602. The molecule has 1 N–H and O–H groups in total. The van der Waals surface area contributed by atoms with Gasteiger partial charge in [-0.2, -0.15) is 0 Å². The molecule has 0 amide bonds. The van der Waals surface area contributed by atoms with Gasteiger partial charge in [0.05, 0.1) is 5.75 Å². The van der Waals surface area contributed by atoms with Crippen molar-refractivity contribution in [3.63, 3.8) is 0 Å². The van der Waals surface area contributed by atoms with Crippen LogP contribution < -0.4 is 4.72 Å². The summed E-state index contributed by atoms with van der Waals surface area (Å²) in [7, 11) is -3.32. The average Bonchev–Trinajstić information content (AvgIpc) is 2.90. The second-order valence-electron chi connectivity index (χ2n) is 7.22. The third-order valence-corrected chi connectivity index (χ3v) is 6.90. The summed E-state index contributed by atoms with van der Waals surface area (Å²) in [4.78, 5) is 0. The number of hydrogen-bond acceptors (Lipinski definition) is 2. The van der Waals surface area contributed by atoms with Gasteiger partial charge in [0.1, 0.15) is 0 Å². The molecule has 5 heteroatoms. The molecule has 152 valence electrons. The molecule has 3 aromatic carbocycles. The lowest BCUT2D eigenvalue weighted by atomic mass is 9.94. The van der Waals surface area contributed by atoms with Crippen molar-refractivity contribution >= 4 is 39.0 Å². The fourth-order valence-electron chi connectivity index (χ4n) is 3.69. The summed E-state index contributed by atoms with van der Waals surface area (Å²) in [6.45, 7) is 1.61. The Hall–Kier alpha value is -2.78. The van der Waals surface area contributed by atoms with Crippen LogP contribution in [0.3, 0.4) is 0 Å². The van der Waals surface area contributed by atoms with Crippen LogP contribution in [0.1, 0.15) is 34.7 Å². The third kappa shape index (κ3) is 4.36. The third-order valence-electron chi connectivity index (χ3n) is 5.24. The molecule has 0 radical (unpaired) electrons. The first-order valence-electron chi connectivity index (χ1n) is 9.90. The highest BCUT2D eigenvalue weighted by atomic mass is 35.5. The minimum atomic E-state index is -3.32. The highest BCUT2D eigenvalue weighted by Gasteiger charge is 2.19. The largest absolute Gasteiger partial charge is 0.284 e. The Bertz CT molecular complexity index is 1270. The smallest absolute Gasteiger partial charge is 0.232 e. The van der Waals surface area contributed by atoms with Gasteiger partial charge in [-0.3, -0.25) is 4.72 Å². The quantitative estimate of drug-likeness (QED) is 0.515. The first-order valence-corrected chi connectivity index (χ1v) is 11.9. The number of fused-ring (bicyclic) bond motifs is 2. The van der Waals surface area contributed by atoms with Gasteiger partial charge in [0.2, 0.25) is 10.0 Å². The molecule has 0 aromatic heterocycles. The van der Waals surface area contributed by atoms with Gasteiger partial charge < -0.3 is 0 Å². The summed E-state index contributed by atoms with van der Waals surface area (Å²) in [5.41, 5.74) is 10.5. The van der Waals surface area contributed by atoms with E-state index in [1.54, 1.807) is 13.0 Å². The van der Waals surface area contributed by atoms with E-state index in [9.17, 15) is 8.42 Å². The first kappa shape index (κ1) is 20.5. The lowest BCUT2D eigenvalue weighted by Gasteiger charge is -2.10. The Morgan fingerprint density at radius 1 is 1.00 bits per heavy atom. The number of anilines is 1. The van der Waals surface area contributed by atoms with Crippen molar-refractivity contribution < 1.29 is 8.42 Å². The van der Waals surface area contributed by atoms with Crippen molar-refractivity contribution in [1.82, 2.24) is 0 Å². The normalized spacial score (nSPS) is 12.9. The summed E-state index contributed by atoms with van der Waals surface area (Å²) >= 11 is 6.52. The molecule has 1 aliphatic rings. The van der Waals surface area contributed by atoms with Gasteiger partial charge in [0.15, 0.2) is 0 Å². The fraction of sp³-hybridized carbons (Fsp3) is 0.160. The molecule has 0 bridgehead atoms. The number of nitrogens with one attached hydrogen (secondary N) is 1. The predicted octanol–water partition coefficient (Wildman–Crippen LogP) is 5.94. The van der Waals surface area contributed by atoms with Crippen LogP contribution in [0, 0.1) is 0 Å². The van der Waals surface area contributed by atoms with E-state index in [4.69, 9.17) is 11.6 Å². The van der Waals surface area contributed by atoms with Crippen molar-refractivity contribution in [2.75, 3.05) is 10.5 Å². The number of sulfonamides is 1. The van der Waals surface area contributed by atoms with E-state index in [-0.39, 0.29) is 5.75 Å². The number of rotatable bonds is 4. The minimum absolute atomic E-state index is 0.0332. The van der Waals surface area contributed by atoms with Gasteiger partial charge in [-0.25, -0.2) is 8.42 Å². The zero-order valence-corrected chi connectivity index (χ0v) is 18.2. The van der Waals surface area contributed by atoms with Crippen LogP contribution in [0.25, 0.3) is 11.6 Å². The van der Waals surface area contributed by atoms with E-state index in [0.29, 0.717) is 5.69 Å². The zero-order chi connectivity index (χ0) is 21.1. The van der Waals surface area contributed by atoms with E-state index in [1.807, 2.05) is 42.5 Å². The van der Waals surface area contributed by atoms with Crippen LogP contribution in [-0.4, -0.2) is 14.2 Å². The topological polar surface area (TPSA) is 46.2 Å². The molecule has 0 saturated heterocycles. The molecule has 4 rings (SSSR count). The van der Waals surface area contributed by atoms with Crippen LogP contribution in [0.15, 0.2) is 72.5 Å². The monoisotopic (exact) mass is 435 g/mol. The highest BCUT2D eigenvalue weighted by molar-refractivity contribution is 7.92. The van der Waals surface area contributed by atoms with Gasteiger partial charge in [-0.15, -0.1) is 5.73 Å². The summed E-state index contributed by atoms with van der Waals surface area (Å²) in [5, 5.41) is 0.774. The van der Waals surface area contributed by atoms with Gasteiger partial charge in [0.25, 0.3) is 0 Å². The highest BCUT2D eigenvalue weighted by Crippen LogP contribution is 2.36. The number of benzene rings is 3. The molecular weight excluding hydrogens is 414 g/mol. The van der Waals surface area contributed by atoms with Crippen LogP contribution in [-0.2, 0) is 22.9 Å². The standard InChI is InChI=1S/C25H22ClNO2S/c1-2-30(28,29)27-20-9-5-7-18(17-20)13-15-23-21-10-4-3-8-19(21)14-16-24-22(23)11-6-12-25(24)26/h3-13,17,27H,2,14,16H2,1H3. The Kier molecular flexibility index (Phi) is 5.83. The van der Waals surface area contributed by atoms with E-state index >= 15 is 0 Å². The SMILES string of the molecule is CCS(=O)(=O)Nc1cccc(C=C=C2c3ccccc3CCc3c(Cl)cccc32)c1. The Morgan fingerprint density at radius 3 is 2.60 bits per heavy atom. The number of halogens is 1. The van der Waals surface area contributed by atoms with Gasteiger partial charge >= 0.3 is 0 Å². The molecule has 0 atom stereocenters. The summed E-state index contributed by atoms with van der Waals surface area (Å²) in [6, 6.07) is 21.7. The van der Waals surface area contributed by atoms with Crippen LogP contribution in [0.2, 0.25) is 5.02 Å². The number of hydrogen-bond donors (Lipinski definition) is 1. The number of aryl methyl sites for hydroxylation is 1. The predicted molar refractivity (Wildman–Crippen MR) is 125 cm³/mol.